The van der Waals surface area contributed by atoms with Crippen molar-refractivity contribution in [3.63, 3.8) is 0 Å². The average Bonchev–Trinajstić information content (AvgIpc) is 2.68. The molecule has 2 rings (SSSR count). The van der Waals surface area contributed by atoms with Crippen LogP contribution in [0.1, 0.15) is 24.0 Å². The molecular weight excluding hydrogens is 328 g/mol. The molecule has 26 heavy (non-hydrogen) atoms. The van der Waals surface area contributed by atoms with Crippen LogP contribution in [-0.2, 0) is 12.8 Å². The highest BCUT2D eigenvalue weighted by atomic mass is 16.2. The minimum atomic E-state index is -0.600. The van der Waals surface area contributed by atoms with E-state index in [1.807, 2.05) is 60.7 Å². The van der Waals surface area contributed by atoms with Gasteiger partial charge in [-0.3, -0.25) is 0 Å². The van der Waals surface area contributed by atoms with Crippen LogP contribution in [0.3, 0.4) is 0 Å². The minimum Gasteiger partial charge on any atom is -0.335 e. The topological polar surface area (TPSA) is 82.9 Å². The monoisotopic (exact) mass is 352 g/mol. The van der Waals surface area contributed by atoms with Gasteiger partial charge in [0, 0.05) is 13.1 Å². The summed E-state index contributed by atoms with van der Waals surface area (Å²) in [6.07, 6.45) is 3.36. The number of carbonyl (C=O) groups excluding carboxylic acids is 2. The third kappa shape index (κ3) is 8.19. The van der Waals surface area contributed by atoms with Crippen LogP contribution in [0, 0.1) is 0 Å². The van der Waals surface area contributed by atoms with Crippen molar-refractivity contribution in [3.8, 4) is 0 Å². The van der Waals surface area contributed by atoms with Crippen molar-refractivity contribution < 1.29 is 9.59 Å². The Balaban J connectivity index is 1.53. The van der Waals surface area contributed by atoms with E-state index in [0.29, 0.717) is 13.1 Å². The highest BCUT2D eigenvalue weighted by Crippen LogP contribution is 2.02. The summed E-state index contributed by atoms with van der Waals surface area (Å²) in [7, 11) is 0. The summed E-state index contributed by atoms with van der Waals surface area (Å²) in [5, 5.41) is 12.0. The Morgan fingerprint density at radius 1 is 0.654 bits per heavy atom. The maximum Gasteiger partial charge on any atom is 0.359 e. The molecule has 0 heterocycles. The fraction of sp³-hybridized carbons (Fsp3) is 0.300. The lowest BCUT2D eigenvalue weighted by molar-refractivity contribution is 0.241. The number of nitrogens with zero attached hydrogens (tertiary/aromatic N) is 2. The number of urea groups is 2. The summed E-state index contributed by atoms with van der Waals surface area (Å²) in [6.45, 7) is 0.983. The summed E-state index contributed by atoms with van der Waals surface area (Å²) >= 11 is 0. The second-order valence-electron chi connectivity index (χ2n) is 5.84. The molecule has 0 aliphatic carbocycles. The van der Waals surface area contributed by atoms with Gasteiger partial charge < -0.3 is 10.6 Å². The molecule has 0 aliphatic heterocycles. The average molecular weight is 352 g/mol. The predicted octanol–water partition coefficient (Wildman–Crippen LogP) is 4.12. The van der Waals surface area contributed by atoms with Crippen LogP contribution in [0.2, 0.25) is 0 Å². The summed E-state index contributed by atoms with van der Waals surface area (Å²) < 4.78 is 0. The van der Waals surface area contributed by atoms with Gasteiger partial charge in [-0.15, -0.1) is 0 Å². The number of amides is 4. The second-order valence-corrected chi connectivity index (χ2v) is 5.84. The van der Waals surface area contributed by atoms with Crippen molar-refractivity contribution in [2.24, 2.45) is 10.2 Å². The highest BCUT2D eigenvalue weighted by Gasteiger charge is 2.01. The van der Waals surface area contributed by atoms with Gasteiger partial charge in [-0.2, -0.15) is 0 Å². The third-order valence-corrected chi connectivity index (χ3v) is 3.75. The van der Waals surface area contributed by atoms with Gasteiger partial charge in [0.15, 0.2) is 0 Å². The van der Waals surface area contributed by atoms with E-state index in [1.54, 1.807) is 0 Å². The molecule has 0 atom stereocenters. The number of carbonyl (C=O) groups is 2. The van der Waals surface area contributed by atoms with E-state index in [4.69, 9.17) is 0 Å². The van der Waals surface area contributed by atoms with Crippen molar-refractivity contribution in [3.05, 3.63) is 71.8 Å². The molecule has 0 aromatic heterocycles. The first kappa shape index (κ1) is 19.3. The van der Waals surface area contributed by atoms with Gasteiger partial charge in [0.1, 0.15) is 0 Å². The number of azo groups is 1. The lowest BCUT2D eigenvalue weighted by Gasteiger charge is -2.02. The van der Waals surface area contributed by atoms with E-state index in [0.717, 1.165) is 25.7 Å². The van der Waals surface area contributed by atoms with Gasteiger partial charge in [0.25, 0.3) is 0 Å². The lowest BCUT2D eigenvalue weighted by Crippen LogP contribution is -2.23. The molecule has 0 aliphatic rings. The fourth-order valence-electron chi connectivity index (χ4n) is 2.43. The van der Waals surface area contributed by atoms with Gasteiger partial charge in [-0.1, -0.05) is 70.9 Å². The molecular formula is C20H24N4O2. The minimum absolute atomic E-state index is 0.492. The molecule has 0 bridgehead atoms. The smallest absolute Gasteiger partial charge is 0.335 e. The lowest BCUT2D eigenvalue weighted by atomic mass is 10.1. The van der Waals surface area contributed by atoms with Crippen molar-refractivity contribution in [2.75, 3.05) is 13.1 Å². The summed E-state index contributed by atoms with van der Waals surface area (Å²) in [5.41, 5.74) is 2.44. The molecule has 2 N–H and O–H groups in total. The molecule has 0 saturated heterocycles. The maximum atomic E-state index is 11.5. The fourth-order valence-corrected chi connectivity index (χ4v) is 2.43. The Bertz CT molecular complexity index is 641. The molecule has 0 unspecified atom stereocenters. The van der Waals surface area contributed by atoms with Gasteiger partial charge in [0.05, 0.1) is 0 Å². The van der Waals surface area contributed by atoms with Gasteiger partial charge in [0.2, 0.25) is 0 Å². The molecule has 6 heteroatoms. The molecule has 6 nitrogen and oxygen atoms in total. The zero-order valence-corrected chi connectivity index (χ0v) is 14.7. The van der Waals surface area contributed by atoms with E-state index in [1.165, 1.54) is 11.1 Å². The molecule has 0 spiro atoms. The summed E-state index contributed by atoms with van der Waals surface area (Å²) in [4.78, 5) is 23.0. The molecule has 4 amide bonds. The SMILES string of the molecule is O=C(/N=N/C(=O)NCCCc1ccccc1)NCCCc1ccccc1. The molecule has 0 saturated carbocycles. The van der Waals surface area contributed by atoms with Gasteiger partial charge in [-0.25, -0.2) is 9.59 Å². The van der Waals surface area contributed by atoms with Crippen LogP contribution in [-0.4, -0.2) is 25.2 Å². The van der Waals surface area contributed by atoms with Crippen LogP contribution in [0.15, 0.2) is 70.9 Å². The van der Waals surface area contributed by atoms with Crippen LogP contribution in [0.4, 0.5) is 9.59 Å². The number of aryl methyl sites for hydroxylation is 2. The molecule has 0 radical (unpaired) electrons. The number of hydrogen-bond acceptors (Lipinski definition) is 2. The van der Waals surface area contributed by atoms with E-state index < -0.39 is 12.1 Å². The largest absolute Gasteiger partial charge is 0.359 e. The second kappa shape index (κ2) is 11.5. The predicted molar refractivity (Wildman–Crippen MR) is 101 cm³/mol. The Hall–Kier alpha value is -3.02. The van der Waals surface area contributed by atoms with E-state index in [-0.39, 0.29) is 0 Å². The molecule has 2 aromatic rings. The van der Waals surface area contributed by atoms with Crippen LogP contribution >= 0.6 is 0 Å². The zero-order valence-electron chi connectivity index (χ0n) is 14.7. The first-order chi connectivity index (χ1) is 12.7. The molecule has 136 valence electrons. The summed E-state index contributed by atoms with van der Waals surface area (Å²) in [6, 6.07) is 18.9. The number of rotatable bonds is 8. The van der Waals surface area contributed by atoms with Crippen molar-refractivity contribution in [2.45, 2.75) is 25.7 Å². The Labute approximate surface area is 153 Å². The van der Waals surface area contributed by atoms with E-state index in [2.05, 4.69) is 20.9 Å². The van der Waals surface area contributed by atoms with Crippen LogP contribution < -0.4 is 10.6 Å². The van der Waals surface area contributed by atoms with E-state index >= 15 is 0 Å². The van der Waals surface area contributed by atoms with Crippen LogP contribution in [0.5, 0.6) is 0 Å². The van der Waals surface area contributed by atoms with Gasteiger partial charge in [-0.05, 0) is 36.8 Å². The van der Waals surface area contributed by atoms with Crippen molar-refractivity contribution in [1.29, 1.82) is 0 Å². The first-order valence-electron chi connectivity index (χ1n) is 8.79. The molecule has 2 aromatic carbocycles. The third-order valence-electron chi connectivity index (χ3n) is 3.75. The summed E-state index contributed by atoms with van der Waals surface area (Å²) in [5.74, 6) is 0. The van der Waals surface area contributed by atoms with Crippen LogP contribution in [0.25, 0.3) is 0 Å². The Morgan fingerprint density at radius 3 is 1.42 bits per heavy atom. The standard InChI is InChI=1S/C20H24N4O2/c25-19(21-15-7-13-17-9-3-1-4-10-17)23-24-20(26)22-16-8-14-18-11-5-2-6-12-18/h1-6,9-12H,7-8,13-16H2,(H,21,25)(H,22,26)/b24-23+. The maximum absolute atomic E-state index is 11.5. The normalized spacial score (nSPS) is 10.6. The quantitative estimate of drug-likeness (QED) is 0.553. The molecule has 0 fully saturated rings. The number of benzene rings is 2. The van der Waals surface area contributed by atoms with Gasteiger partial charge >= 0.3 is 12.1 Å². The number of nitrogens with one attached hydrogen (secondary N) is 2. The Kier molecular flexibility index (Phi) is 8.55. The zero-order chi connectivity index (χ0) is 18.5. The van der Waals surface area contributed by atoms with Crippen molar-refractivity contribution >= 4 is 12.1 Å². The number of hydrogen-bond donors (Lipinski definition) is 2. The van der Waals surface area contributed by atoms with Crippen molar-refractivity contribution in [1.82, 2.24) is 10.6 Å². The Morgan fingerprint density at radius 2 is 1.04 bits per heavy atom. The van der Waals surface area contributed by atoms with E-state index in [9.17, 15) is 9.59 Å². The first-order valence-corrected chi connectivity index (χ1v) is 8.79. The highest BCUT2D eigenvalue weighted by molar-refractivity contribution is 5.79.